The van der Waals surface area contributed by atoms with E-state index in [2.05, 4.69) is 40.5 Å². The van der Waals surface area contributed by atoms with Gasteiger partial charge in [0.2, 0.25) is 10.0 Å². The Kier molecular flexibility index (Phi) is 7.32. The largest absolute Gasteiger partial charge is 0.506 e. The fourth-order valence-electron chi connectivity index (χ4n) is 5.13. The zero-order valence-electron chi connectivity index (χ0n) is 23.6. The normalized spacial score (nSPS) is 19.9. The summed E-state index contributed by atoms with van der Waals surface area (Å²) in [5.74, 6) is -0.682. The van der Waals surface area contributed by atoms with E-state index in [4.69, 9.17) is 4.42 Å². The standard InChI is InChI=1S/C29H32N4O7S2/c1-28(2,3)13-14-29(30-17-19-8-7-15-40-19)21-10-6-5-9-20(21)25(34)24(26(29)35)27-31-22-12-11-18(32-41(4,36)37)16-23(22)42(38,39)33-27/h5-12,15-16,30,32,34H,13-14,17H2,1-4H3,(H,31,33). The molecule has 1 unspecified atom stereocenters. The summed E-state index contributed by atoms with van der Waals surface area (Å²) in [4.78, 5) is 14.3. The number of ketones is 1. The van der Waals surface area contributed by atoms with E-state index in [1.165, 1.54) is 18.4 Å². The number of anilines is 2. The highest BCUT2D eigenvalue weighted by Crippen LogP contribution is 2.44. The zero-order valence-corrected chi connectivity index (χ0v) is 25.2. The quantitative estimate of drug-likeness (QED) is 0.286. The number of hydrogen-bond acceptors (Lipinski definition) is 9. The topological polar surface area (TPSA) is 167 Å². The number of nitrogens with zero attached hydrogens (tertiary/aromatic N) is 1. The summed E-state index contributed by atoms with van der Waals surface area (Å²) in [7, 11) is -8.07. The minimum absolute atomic E-state index is 0.0355. The Bertz CT molecular complexity index is 1840. The lowest BCUT2D eigenvalue weighted by Crippen LogP contribution is -2.53. The van der Waals surface area contributed by atoms with Crippen molar-refractivity contribution in [1.29, 1.82) is 0 Å². The molecule has 1 aromatic heterocycles. The average molecular weight is 613 g/mol. The number of aliphatic hydroxyl groups excluding tert-OH is 1. The van der Waals surface area contributed by atoms with Crippen molar-refractivity contribution in [3.05, 3.63) is 83.3 Å². The SMILES string of the molecule is CC(C)(C)CCC1(NCc2ccco2)C(=O)C(C2=NS(=O)(=O)c3cc(NS(C)(=O)=O)ccc3N2)=C(O)c2ccccc21. The molecule has 0 saturated heterocycles. The van der Waals surface area contributed by atoms with Crippen LogP contribution in [0.15, 0.2) is 80.1 Å². The molecule has 13 heteroatoms. The van der Waals surface area contributed by atoms with Crippen molar-refractivity contribution < 1.29 is 31.2 Å². The van der Waals surface area contributed by atoms with Gasteiger partial charge in [-0.15, -0.1) is 4.40 Å². The number of rotatable bonds is 8. The highest BCUT2D eigenvalue weighted by molar-refractivity contribution is 7.92. The first-order chi connectivity index (χ1) is 19.6. The number of carbonyl (C=O) groups is 1. The van der Waals surface area contributed by atoms with Crippen LogP contribution in [0.1, 0.15) is 50.5 Å². The Labute approximate surface area is 244 Å². The molecular formula is C29H32N4O7S2. The maximum absolute atomic E-state index is 14.6. The molecular weight excluding hydrogens is 580 g/mol. The average Bonchev–Trinajstić information content (AvgIpc) is 3.41. The number of nitrogens with one attached hydrogen (secondary N) is 3. The van der Waals surface area contributed by atoms with Gasteiger partial charge in [0, 0.05) is 11.3 Å². The maximum atomic E-state index is 14.6. The fraction of sp³-hybridized carbons (Fsp3) is 0.310. The van der Waals surface area contributed by atoms with E-state index in [9.17, 15) is 26.7 Å². The third-order valence-corrected chi connectivity index (χ3v) is 9.08. The van der Waals surface area contributed by atoms with Crippen LogP contribution in [0.3, 0.4) is 0 Å². The van der Waals surface area contributed by atoms with E-state index in [1.807, 2.05) is 0 Å². The lowest BCUT2D eigenvalue weighted by molar-refractivity contribution is -0.122. The molecule has 0 bridgehead atoms. The van der Waals surface area contributed by atoms with Crippen molar-refractivity contribution in [2.24, 2.45) is 9.81 Å². The number of sulfonamides is 2. The van der Waals surface area contributed by atoms with Crippen LogP contribution in [0.25, 0.3) is 5.76 Å². The van der Waals surface area contributed by atoms with Crippen molar-refractivity contribution in [1.82, 2.24) is 5.32 Å². The zero-order chi connectivity index (χ0) is 30.5. The summed E-state index contributed by atoms with van der Waals surface area (Å²) in [5.41, 5.74) is -0.740. The highest BCUT2D eigenvalue weighted by Gasteiger charge is 2.50. The number of fused-ring (bicyclic) bond motifs is 2. The molecule has 1 atom stereocenters. The van der Waals surface area contributed by atoms with Crippen LogP contribution in [-0.2, 0) is 36.9 Å². The van der Waals surface area contributed by atoms with Crippen LogP contribution in [0.5, 0.6) is 0 Å². The number of aliphatic hydroxyl groups is 1. The monoisotopic (exact) mass is 612 g/mol. The van der Waals surface area contributed by atoms with Gasteiger partial charge in [-0.05, 0) is 54.2 Å². The van der Waals surface area contributed by atoms with E-state index < -0.39 is 37.1 Å². The number of amidine groups is 1. The molecule has 0 saturated carbocycles. The molecule has 2 heterocycles. The molecule has 1 aliphatic heterocycles. The third kappa shape index (κ3) is 5.72. The molecule has 5 rings (SSSR count). The molecule has 4 N–H and O–H groups in total. The van der Waals surface area contributed by atoms with Gasteiger partial charge in [-0.1, -0.05) is 45.0 Å². The molecule has 222 valence electrons. The molecule has 0 fully saturated rings. The van der Waals surface area contributed by atoms with Gasteiger partial charge < -0.3 is 14.8 Å². The number of furan rings is 1. The molecule has 0 amide bonds. The first-order valence-corrected chi connectivity index (χ1v) is 16.5. The van der Waals surface area contributed by atoms with Gasteiger partial charge in [-0.2, -0.15) is 8.42 Å². The first kappa shape index (κ1) is 29.5. The van der Waals surface area contributed by atoms with Gasteiger partial charge in [-0.25, -0.2) is 8.42 Å². The second kappa shape index (κ2) is 10.4. The summed E-state index contributed by atoms with van der Waals surface area (Å²) >= 11 is 0. The molecule has 1 aliphatic carbocycles. The van der Waals surface area contributed by atoms with Gasteiger partial charge in [0.05, 0.1) is 24.8 Å². The van der Waals surface area contributed by atoms with Crippen LogP contribution in [0, 0.1) is 5.41 Å². The van der Waals surface area contributed by atoms with Crippen molar-refractivity contribution in [3.8, 4) is 0 Å². The minimum atomic E-state index is -4.41. The van der Waals surface area contributed by atoms with Gasteiger partial charge in [0.15, 0.2) is 11.6 Å². The van der Waals surface area contributed by atoms with E-state index in [1.54, 1.807) is 36.4 Å². The highest BCUT2D eigenvalue weighted by atomic mass is 32.2. The molecule has 0 radical (unpaired) electrons. The van der Waals surface area contributed by atoms with Crippen LogP contribution >= 0.6 is 0 Å². The van der Waals surface area contributed by atoms with E-state index in [-0.39, 0.29) is 39.6 Å². The van der Waals surface area contributed by atoms with Crippen molar-refractivity contribution in [2.45, 2.75) is 50.6 Å². The second-order valence-corrected chi connectivity index (χ2v) is 14.9. The fourth-order valence-corrected chi connectivity index (χ4v) is 6.83. The number of Topliss-reactive ketones (excluding diaryl/α,β-unsaturated/α-hetero) is 1. The molecule has 42 heavy (non-hydrogen) atoms. The minimum Gasteiger partial charge on any atom is -0.506 e. The Balaban J connectivity index is 1.64. The van der Waals surface area contributed by atoms with Crippen molar-refractivity contribution in [3.63, 3.8) is 0 Å². The van der Waals surface area contributed by atoms with Crippen LogP contribution in [0.2, 0.25) is 0 Å². The molecule has 2 aliphatic rings. The van der Waals surface area contributed by atoms with E-state index in [0.29, 0.717) is 29.7 Å². The second-order valence-electron chi connectivity index (χ2n) is 11.6. The first-order valence-electron chi connectivity index (χ1n) is 13.2. The summed E-state index contributed by atoms with van der Waals surface area (Å²) in [6, 6.07) is 14.4. The van der Waals surface area contributed by atoms with Gasteiger partial charge >= 0.3 is 0 Å². The van der Waals surface area contributed by atoms with Gasteiger partial charge in [-0.3, -0.25) is 14.8 Å². The predicted octanol–water partition coefficient (Wildman–Crippen LogP) is 4.53. The molecule has 3 aromatic rings. The van der Waals surface area contributed by atoms with Crippen molar-refractivity contribution in [2.75, 3.05) is 16.3 Å². The van der Waals surface area contributed by atoms with Crippen LogP contribution in [-0.4, -0.2) is 39.8 Å². The Hall–Kier alpha value is -3.94. The summed E-state index contributed by atoms with van der Waals surface area (Å²) in [5, 5.41) is 17.7. The van der Waals surface area contributed by atoms with Crippen LogP contribution in [0.4, 0.5) is 11.4 Å². The van der Waals surface area contributed by atoms with Crippen LogP contribution < -0.4 is 15.4 Å². The lowest BCUT2D eigenvalue weighted by atomic mass is 9.69. The smallest absolute Gasteiger partial charge is 0.286 e. The lowest BCUT2D eigenvalue weighted by Gasteiger charge is -2.41. The Morgan fingerprint density at radius 1 is 1.10 bits per heavy atom. The van der Waals surface area contributed by atoms with Gasteiger partial charge in [0.25, 0.3) is 10.0 Å². The van der Waals surface area contributed by atoms with Gasteiger partial charge in [0.1, 0.15) is 27.5 Å². The Morgan fingerprint density at radius 3 is 2.50 bits per heavy atom. The third-order valence-electron chi connectivity index (χ3n) is 7.15. The summed E-state index contributed by atoms with van der Waals surface area (Å²) in [6.45, 7) is 6.37. The number of benzene rings is 2. The molecule has 11 nitrogen and oxygen atoms in total. The van der Waals surface area contributed by atoms with E-state index in [0.717, 1.165) is 12.3 Å². The summed E-state index contributed by atoms with van der Waals surface area (Å²) in [6.07, 6.45) is 3.43. The number of carbonyl (C=O) groups excluding carboxylic acids is 1. The maximum Gasteiger partial charge on any atom is 0.286 e. The summed E-state index contributed by atoms with van der Waals surface area (Å²) < 4.78 is 61.7. The predicted molar refractivity (Wildman–Crippen MR) is 160 cm³/mol. The molecule has 0 spiro atoms. The number of hydrogen-bond donors (Lipinski definition) is 4. The Morgan fingerprint density at radius 2 is 1.83 bits per heavy atom. The van der Waals surface area contributed by atoms with Crippen molar-refractivity contribution >= 4 is 48.8 Å². The molecule has 2 aromatic carbocycles. The van der Waals surface area contributed by atoms with E-state index >= 15 is 0 Å².